The van der Waals surface area contributed by atoms with Crippen molar-refractivity contribution in [3.8, 4) is 0 Å². The summed E-state index contributed by atoms with van der Waals surface area (Å²) in [5, 5.41) is 40.8. The Hall–Kier alpha value is -2.07. The minimum atomic E-state index is -5.32. The number of nitrogen functional groups attached to an aromatic ring is 1. The van der Waals surface area contributed by atoms with Gasteiger partial charge >= 0.3 is 7.82 Å². The van der Waals surface area contributed by atoms with Crippen LogP contribution in [0.15, 0.2) is 12.7 Å². The van der Waals surface area contributed by atoms with Crippen LogP contribution in [0.25, 0.3) is 11.2 Å². The second-order valence-electron chi connectivity index (χ2n) is 8.02. The third-order valence-corrected chi connectivity index (χ3v) is 5.69. The van der Waals surface area contributed by atoms with Gasteiger partial charge in [-0.2, -0.15) is 0 Å². The first kappa shape index (κ1) is 24.6. The molecule has 32 heavy (non-hydrogen) atoms. The normalized spacial score (nSPS) is 26.4. The molecule has 6 atom stereocenters. The standard InChI is InChI=1S/C16H24N5O10P/c1-16(2,3-22)12(26)9(25)11(31-32(27,28)29)10-7(23)8(24)15(30-10)21-5-20-6-13(17)18-4-19-14(6)21/h4-5,7-8,10-12,15,22-24,26H,3H2,1-2H3,(H2,17,18,19)(H2,27,28,29)/t7-,8+,10-,11?,12?,15+/m0/s1. The molecule has 2 aromatic heterocycles. The second kappa shape index (κ2) is 8.70. The summed E-state index contributed by atoms with van der Waals surface area (Å²) in [5.41, 5.74) is 4.60. The van der Waals surface area contributed by atoms with Crippen molar-refractivity contribution in [3.63, 3.8) is 0 Å². The lowest BCUT2D eigenvalue weighted by molar-refractivity contribution is -0.155. The Kier molecular flexibility index (Phi) is 6.68. The van der Waals surface area contributed by atoms with Gasteiger partial charge in [-0.25, -0.2) is 19.5 Å². The van der Waals surface area contributed by atoms with Gasteiger partial charge in [0.05, 0.1) is 12.9 Å². The molecule has 3 heterocycles. The van der Waals surface area contributed by atoms with E-state index in [9.17, 15) is 39.6 Å². The van der Waals surface area contributed by atoms with E-state index in [0.717, 1.165) is 6.33 Å². The number of fused-ring (bicyclic) bond motifs is 1. The van der Waals surface area contributed by atoms with E-state index in [1.54, 1.807) is 0 Å². The van der Waals surface area contributed by atoms with Crippen LogP contribution in [0.5, 0.6) is 0 Å². The highest BCUT2D eigenvalue weighted by molar-refractivity contribution is 7.46. The third-order valence-electron chi connectivity index (χ3n) is 5.18. The lowest BCUT2D eigenvalue weighted by Crippen LogP contribution is -2.51. The number of aliphatic hydroxyl groups is 4. The van der Waals surface area contributed by atoms with Crippen LogP contribution >= 0.6 is 7.82 Å². The summed E-state index contributed by atoms with van der Waals surface area (Å²) < 4.78 is 22.8. The average Bonchev–Trinajstić information content (AvgIpc) is 3.27. The summed E-state index contributed by atoms with van der Waals surface area (Å²) in [6.07, 6.45) is -8.64. The molecule has 0 aromatic carbocycles. The minimum Gasteiger partial charge on any atom is -0.396 e. The molecule has 2 unspecified atom stereocenters. The lowest BCUT2D eigenvalue weighted by atomic mass is 9.82. The van der Waals surface area contributed by atoms with E-state index in [4.69, 9.17) is 10.5 Å². The van der Waals surface area contributed by atoms with Crippen molar-refractivity contribution >= 4 is 30.6 Å². The lowest BCUT2D eigenvalue weighted by Gasteiger charge is -2.32. The molecular weight excluding hydrogens is 453 g/mol. The molecule has 0 bridgehead atoms. The smallest absolute Gasteiger partial charge is 0.396 e. The van der Waals surface area contributed by atoms with Crippen LogP contribution in [0.3, 0.4) is 0 Å². The summed E-state index contributed by atoms with van der Waals surface area (Å²) >= 11 is 0. The topological polar surface area (TPSA) is 244 Å². The van der Waals surface area contributed by atoms with Crippen LogP contribution in [-0.2, 0) is 18.6 Å². The summed E-state index contributed by atoms with van der Waals surface area (Å²) in [5.74, 6) is -1.24. The number of phosphoric acid groups is 1. The monoisotopic (exact) mass is 477 g/mol. The van der Waals surface area contributed by atoms with Gasteiger partial charge in [0.25, 0.3) is 0 Å². The Labute approximate surface area is 180 Å². The number of imidazole rings is 1. The van der Waals surface area contributed by atoms with Crippen molar-refractivity contribution in [3.05, 3.63) is 12.7 Å². The van der Waals surface area contributed by atoms with Gasteiger partial charge in [-0.3, -0.25) is 13.9 Å². The summed E-state index contributed by atoms with van der Waals surface area (Å²) in [7, 11) is -5.32. The van der Waals surface area contributed by atoms with Crippen molar-refractivity contribution in [2.24, 2.45) is 5.41 Å². The zero-order valence-electron chi connectivity index (χ0n) is 17.0. The van der Waals surface area contributed by atoms with Gasteiger partial charge in [0.15, 0.2) is 29.6 Å². The number of hydrogen-bond donors (Lipinski definition) is 7. The zero-order valence-corrected chi connectivity index (χ0v) is 17.9. The third kappa shape index (κ3) is 4.52. The molecule has 2 aromatic rings. The Bertz CT molecular complexity index is 1040. The summed E-state index contributed by atoms with van der Waals surface area (Å²) in [6, 6.07) is 0. The van der Waals surface area contributed by atoms with Gasteiger partial charge in [0.2, 0.25) is 0 Å². The van der Waals surface area contributed by atoms with Crippen molar-refractivity contribution in [1.29, 1.82) is 0 Å². The number of hydrogen-bond acceptors (Lipinski definition) is 12. The minimum absolute atomic E-state index is 0.0329. The van der Waals surface area contributed by atoms with E-state index in [0.29, 0.717) is 0 Å². The van der Waals surface area contributed by atoms with E-state index in [1.165, 1.54) is 24.7 Å². The van der Waals surface area contributed by atoms with Gasteiger partial charge < -0.3 is 40.7 Å². The highest BCUT2D eigenvalue weighted by atomic mass is 31.2. The van der Waals surface area contributed by atoms with Crippen LogP contribution in [-0.4, -0.2) is 92.6 Å². The first-order valence-corrected chi connectivity index (χ1v) is 10.8. The highest BCUT2D eigenvalue weighted by Crippen LogP contribution is 2.43. The fraction of sp³-hybridized carbons (Fsp3) is 0.625. The van der Waals surface area contributed by atoms with Crippen LogP contribution in [0, 0.1) is 5.41 Å². The maximum absolute atomic E-state index is 12.9. The molecular formula is C16H24N5O10P. The quantitative estimate of drug-likeness (QED) is 0.194. The molecule has 0 amide bonds. The maximum Gasteiger partial charge on any atom is 0.470 e. The molecule has 0 spiro atoms. The predicted molar refractivity (Wildman–Crippen MR) is 104 cm³/mol. The molecule has 0 radical (unpaired) electrons. The van der Waals surface area contributed by atoms with Gasteiger partial charge in [-0.1, -0.05) is 13.8 Å². The van der Waals surface area contributed by atoms with Crippen LogP contribution in [0.4, 0.5) is 5.82 Å². The van der Waals surface area contributed by atoms with Gasteiger partial charge in [0.1, 0.15) is 36.3 Å². The Balaban J connectivity index is 1.97. The fourth-order valence-electron chi connectivity index (χ4n) is 3.27. The number of rotatable bonds is 8. The molecule has 0 saturated carbocycles. The number of ketones is 1. The van der Waals surface area contributed by atoms with Crippen LogP contribution in [0.1, 0.15) is 20.1 Å². The second-order valence-corrected chi connectivity index (χ2v) is 9.22. The van der Waals surface area contributed by atoms with Crippen molar-refractivity contribution < 1.29 is 48.8 Å². The number of aromatic nitrogens is 4. The number of carbonyl (C=O) groups excluding carboxylic acids is 1. The van der Waals surface area contributed by atoms with Gasteiger partial charge in [-0.05, 0) is 0 Å². The molecule has 1 aliphatic heterocycles. The molecule has 178 valence electrons. The van der Waals surface area contributed by atoms with E-state index >= 15 is 0 Å². The van der Waals surface area contributed by atoms with E-state index < -0.39 is 62.4 Å². The highest BCUT2D eigenvalue weighted by Gasteiger charge is 2.53. The summed E-state index contributed by atoms with van der Waals surface area (Å²) in [4.78, 5) is 43.2. The average molecular weight is 477 g/mol. The number of aliphatic hydroxyl groups excluding tert-OH is 4. The number of carbonyl (C=O) groups is 1. The molecule has 16 heteroatoms. The van der Waals surface area contributed by atoms with Crippen molar-refractivity contribution in [1.82, 2.24) is 19.5 Å². The van der Waals surface area contributed by atoms with E-state index in [2.05, 4.69) is 19.5 Å². The number of phosphoric ester groups is 1. The first-order valence-electron chi connectivity index (χ1n) is 9.29. The SMILES string of the molecule is CC(C)(CO)C(O)C(=O)C(OP(=O)(O)O)[C@H]1O[C@@H](n2cnc3c(N)ncnc32)[C@H](O)[C@@H]1O. The first-order chi connectivity index (χ1) is 14.8. The molecule has 1 fully saturated rings. The Morgan fingerprint density at radius 3 is 2.56 bits per heavy atom. The van der Waals surface area contributed by atoms with Gasteiger partial charge in [0, 0.05) is 5.41 Å². The molecule has 8 N–H and O–H groups in total. The van der Waals surface area contributed by atoms with Gasteiger partial charge in [-0.15, -0.1) is 0 Å². The van der Waals surface area contributed by atoms with Crippen LogP contribution < -0.4 is 5.73 Å². The van der Waals surface area contributed by atoms with E-state index in [1.807, 2.05) is 0 Å². The van der Waals surface area contributed by atoms with Crippen LogP contribution in [0.2, 0.25) is 0 Å². The predicted octanol–water partition coefficient (Wildman–Crippen LogP) is -2.55. The number of anilines is 1. The fourth-order valence-corrected chi connectivity index (χ4v) is 3.79. The summed E-state index contributed by atoms with van der Waals surface area (Å²) in [6.45, 7) is 2.01. The number of nitrogens with two attached hydrogens (primary N) is 1. The van der Waals surface area contributed by atoms with Crippen molar-refractivity contribution in [2.45, 2.75) is 50.6 Å². The maximum atomic E-state index is 12.9. The molecule has 15 nitrogen and oxygen atoms in total. The molecule has 1 saturated heterocycles. The number of ether oxygens (including phenoxy) is 1. The Morgan fingerprint density at radius 1 is 1.31 bits per heavy atom. The van der Waals surface area contributed by atoms with Crippen molar-refractivity contribution in [2.75, 3.05) is 12.3 Å². The number of Topliss-reactive ketones (excluding diaryl/α,β-unsaturated/α-hetero) is 1. The Morgan fingerprint density at radius 2 is 1.97 bits per heavy atom. The largest absolute Gasteiger partial charge is 0.470 e. The zero-order chi connectivity index (χ0) is 24.0. The molecule has 3 rings (SSSR count). The van der Waals surface area contributed by atoms with E-state index in [-0.39, 0.29) is 17.0 Å². The molecule has 1 aliphatic rings. The number of nitrogens with zero attached hydrogens (tertiary/aromatic N) is 4. The molecule has 0 aliphatic carbocycles.